The summed E-state index contributed by atoms with van der Waals surface area (Å²) in [5.74, 6) is -0.776. The fourth-order valence-electron chi connectivity index (χ4n) is 1.62. The molecule has 0 saturated carbocycles. The summed E-state index contributed by atoms with van der Waals surface area (Å²) in [5, 5.41) is 5.15. The van der Waals surface area contributed by atoms with E-state index in [-0.39, 0.29) is 5.91 Å². The maximum Gasteiger partial charge on any atom is 0.275 e. The number of rotatable bonds is 4. The molecule has 1 aromatic carbocycles. The van der Waals surface area contributed by atoms with Gasteiger partial charge in [-0.3, -0.25) is 4.79 Å². The quantitative estimate of drug-likeness (QED) is 0.883. The third-order valence-corrected chi connectivity index (χ3v) is 4.17. The minimum absolute atomic E-state index is 0.321. The summed E-state index contributed by atoms with van der Waals surface area (Å²) in [6.07, 6.45) is 0.643. The Morgan fingerprint density at radius 2 is 2.30 bits per heavy atom. The molecule has 1 heterocycles. The van der Waals surface area contributed by atoms with E-state index in [1.807, 2.05) is 0 Å². The maximum absolute atomic E-state index is 13.5. The van der Waals surface area contributed by atoms with Crippen molar-refractivity contribution in [2.75, 3.05) is 11.9 Å². The number of benzene rings is 1. The number of nitrogens with two attached hydrogens (primary N) is 1. The standard InChI is InChI=1S/C13H13BrFN3OS/c1-7-4-8(14)9(15)5-10(7)18-13(19)11-6-20-12(17-11)2-3-16/h4-6H,2-3,16H2,1H3,(H,18,19). The molecule has 0 spiro atoms. The van der Waals surface area contributed by atoms with Crippen molar-refractivity contribution in [3.63, 3.8) is 0 Å². The lowest BCUT2D eigenvalue weighted by Gasteiger charge is -2.08. The van der Waals surface area contributed by atoms with Gasteiger partial charge in [0.2, 0.25) is 0 Å². The Labute approximate surface area is 128 Å². The van der Waals surface area contributed by atoms with Crippen LogP contribution >= 0.6 is 27.3 Å². The molecule has 3 N–H and O–H groups in total. The SMILES string of the molecule is Cc1cc(Br)c(F)cc1NC(=O)c1csc(CCN)n1. The monoisotopic (exact) mass is 357 g/mol. The van der Waals surface area contributed by atoms with Gasteiger partial charge in [-0.15, -0.1) is 11.3 Å². The molecule has 7 heteroatoms. The topological polar surface area (TPSA) is 68.0 Å². The molecule has 4 nitrogen and oxygen atoms in total. The van der Waals surface area contributed by atoms with E-state index in [0.717, 1.165) is 10.6 Å². The van der Waals surface area contributed by atoms with Gasteiger partial charge in [-0.2, -0.15) is 0 Å². The highest BCUT2D eigenvalue weighted by atomic mass is 79.9. The van der Waals surface area contributed by atoms with E-state index in [1.54, 1.807) is 18.4 Å². The van der Waals surface area contributed by atoms with Gasteiger partial charge in [0.25, 0.3) is 5.91 Å². The first-order chi connectivity index (χ1) is 9.51. The second kappa shape index (κ2) is 6.43. The molecular weight excluding hydrogens is 345 g/mol. The number of nitrogens with zero attached hydrogens (tertiary/aromatic N) is 1. The van der Waals surface area contributed by atoms with Crippen LogP contribution in [-0.2, 0) is 6.42 Å². The minimum Gasteiger partial charge on any atom is -0.330 e. The van der Waals surface area contributed by atoms with Gasteiger partial charge in [0, 0.05) is 17.5 Å². The Kier molecular flexibility index (Phi) is 4.85. The van der Waals surface area contributed by atoms with Gasteiger partial charge >= 0.3 is 0 Å². The van der Waals surface area contributed by atoms with Crippen molar-refractivity contribution in [3.05, 3.63) is 44.1 Å². The molecular formula is C13H13BrFN3OS. The number of amides is 1. The predicted molar refractivity (Wildman–Crippen MR) is 81.7 cm³/mol. The lowest BCUT2D eigenvalue weighted by Crippen LogP contribution is -2.14. The van der Waals surface area contributed by atoms with E-state index in [9.17, 15) is 9.18 Å². The van der Waals surface area contributed by atoms with Crippen molar-refractivity contribution in [1.29, 1.82) is 0 Å². The number of thiazole rings is 1. The van der Waals surface area contributed by atoms with Gasteiger partial charge in [0.1, 0.15) is 11.5 Å². The van der Waals surface area contributed by atoms with E-state index >= 15 is 0 Å². The van der Waals surface area contributed by atoms with Gasteiger partial charge in [-0.05, 0) is 47.1 Å². The van der Waals surface area contributed by atoms with Gasteiger partial charge in [-0.1, -0.05) is 0 Å². The van der Waals surface area contributed by atoms with Crippen molar-refractivity contribution in [2.45, 2.75) is 13.3 Å². The Hall–Kier alpha value is -1.31. The first kappa shape index (κ1) is 15.1. The molecule has 2 rings (SSSR count). The number of carbonyl (C=O) groups is 1. The summed E-state index contributed by atoms with van der Waals surface area (Å²) >= 11 is 4.49. The highest BCUT2D eigenvalue weighted by Gasteiger charge is 2.13. The number of hydrogen-bond donors (Lipinski definition) is 2. The molecule has 0 aliphatic rings. The molecule has 106 valence electrons. The average molecular weight is 358 g/mol. The number of anilines is 1. The summed E-state index contributed by atoms with van der Waals surface area (Å²) in [4.78, 5) is 16.2. The number of carbonyl (C=O) groups excluding carboxylic acids is 1. The van der Waals surface area contributed by atoms with Crippen molar-refractivity contribution in [3.8, 4) is 0 Å². The highest BCUT2D eigenvalue weighted by Crippen LogP contribution is 2.24. The van der Waals surface area contributed by atoms with Crippen LogP contribution in [0.3, 0.4) is 0 Å². The van der Waals surface area contributed by atoms with E-state index < -0.39 is 5.82 Å². The van der Waals surface area contributed by atoms with Crippen molar-refractivity contribution in [2.24, 2.45) is 5.73 Å². The van der Waals surface area contributed by atoms with Crippen LogP contribution < -0.4 is 11.1 Å². The summed E-state index contributed by atoms with van der Waals surface area (Å²) in [6, 6.07) is 2.90. The van der Waals surface area contributed by atoms with E-state index in [2.05, 4.69) is 26.2 Å². The number of hydrogen-bond acceptors (Lipinski definition) is 4. The van der Waals surface area contributed by atoms with Crippen molar-refractivity contribution in [1.82, 2.24) is 4.98 Å². The van der Waals surface area contributed by atoms with Crippen molar-refractivity contribution < 1.29 is 9.18 Å². The third-order valence-electron chi connectivity index (χ3n) is 2.66. The normalized spacial score (nSPS) is 10.6. The van der Waals surface area contributed by atoms with Gasteiger partial charge in [0.15, 0.2) is 0 Å². The van der Waals surface area contributed by atoms with E-state index in [4.69, 9.17) is 5.73 Å². The smallest absolute Gasteiger partial charge is 0.275 e. The van der Waals surface area contributed by atoms with Crippen LogP contribution in [-0.4, -0.2) is 17.4 Å². The molecule has 1 amide bonds. The van der Waals surface area contributed by atoms with E-state index in [1.165, 1.54) is 17.4 Å². The molecule has 1 aromatic heterocycles. The van der Waals surface area contributed by atoms with Crippen LogP contribution in [0.5, 0.6) is 0 Å². The molecule has 0 bridgehead atoms. The Morgan fingerprint density at radius 1 is 1.55 bits per heavy atom. The molecule has 0 saturated heterocycles. The fraction of sp³-hybridized carbons (Fsp3) is 0.231. The Bertz CT molecular complexity index is 645. The molecule has 0 fully saturated rings. The van der Waals surface area contributed by atoms with Crippen LogP contribution in [0.4, 0.5) is 10.1 Å². The Balaban J connectivity index is 2.16. The van der Waals surface area contributed by atoms with Gasteiger partial charge in [-0.25, -0.2) is 9.37 Å². The Morgan fingerprint density at radius 3 is 3.00 bits per heavy atom. The zero-order valence-corrected chi connectivity index (χ0v) is 13.1. The first-order valence-electron chi connectivity index (χ1n) is 5.92. The molecule has 20 heavy (non-hydrogen) atoms. The van der Waals surface area contributed by atoms with Crippen molar-refractivity contribution >= 4 is 38.9 Å². The number of halogens is 2. The van der Waals surface area contributed by atoms with Crippen LogP contribution in [0.2, 0.25) is 0 Å². The van der Waals surface area contributed by atoms with Crippen LogP contribution in [0.1, 0.15) is 21.1 Å². The highest BCUT2D eigenvalue weighted by molar-refractivity contribution is 9.10. The molecule has 0 aliphatic carbocycles. The summed E-state index contributed by atoms with van der Waals surface area (Å²) in [6.45, 7) is 2.28. The minimum atomic E-state index is -0.423. The fourth-order valence-corrected chi connectivity index (χ4v) is 2.87. The number of nitrogens with one attached hydrogen (secondary N) is 1. The predicted octanol–water partition coefficient (Wildman–Crippen LogP) is 3.11. The van der Waals surface area contributed by atoms with Gasteiger partial charge in [0.05, 0.1) is 9.48 Å². The molecule has 0 atom stereocenters. The molecule has 0 radical (unpaired) electrons. The maximum atomic E-state index is 13.5. The molecule has 0 aliphatic heterocycles. The summed E-state index contributed by atoms with van der Waals surface area (Å²) in [7, 11) is 0. The molecule has 2 aromatic rings. The number of aryl methyl sites for hydroxylation is 1. The molecule has 0 unspecified atom stereocenters. The average Bonchev–Trinajstić information content (AvgIpc) is 2.85. The van der Waals surface area contributed by atoms with Crippen LogP contribution in [0.15, 0.2) is 22.0 Å². The zero-order valence-electron chi connectivity index (χ0n) is 10.7. The van der Waals surface area contributed by atoms with Crippen LogP contribution in [0.25, 0.3) is 0 Å². The second-order valence-corrected chi connectivity index (χ2v) is 6.00. The summed E-state index contributed by atoms with van der Waals surface area (Å²) in [5.41, 5.74) is 6.96. The first-order valence-corrected chi connectivity index (χ1v) is 7.60. The lowest BCUT2D eigenvalue weighted by atomic mass is 10.2. The van der Waals surface area contributed by atoms with E-state index in [0.29, 0.717) is 28.8 Å². The lowest BCUT2D eigenvalue weighted by molar-refractivity contribution is 0.102. The van der Waals surface area contributed by atoms with Crippen LogP contribution in [0, 0.1) is 12.7 Å². The zero-order chi connectivity index (χ0) is 14.7. The van der Waals surface area contributed by atoms with Gasteiger partial charge < -0.3 is 11.1 Å². The third kappa shape index (κ3) is 3.41. The largest absolute Gasteiger partial charge is 0.330 e. The number of aromatic nitrogens is 1. The second-order valence-electron chi connectivity index (χ2n) is 4.20. The summed E-state index contributed by atoms with van der Waals surface area (Å²) < 4.78 is 13.9.